The van der Waals surface area contributed by atoms with Crippen molar-refractivity contribution in [1.82, 2.24) is 4.98 Å². The third-order valence-electron chi connectivity index (χ3n) is 3.23. The van der Waals surface area contributed by atoms with Gasteiger partial charge >= 0.3 is 0 Å². The van der Waals surface area contributed by atoms with Crippen LogP contribution in [-0.2, 0) is 13.2 Å². The minimum atomic E-state index is 0.387. The van der Waals surface area contributed by atoms with Crippen LogP contribution < -0.4 is 10.5 Å². The van der Waals surface area contributed by atoms with Crippen LogP contribution in [0.2, 0.25) is 5.02 Å². The normalized spacial score (nSPS) is 10.8. The number of fused-ring (bicyclic) bond motifs is 1. The van der Waals surface area contributed by atoms with E-state index in [4.69, 9.17) is 22.1 Å². The summed E-state index contributed by atoms with van der Waals surface area (Å²) in [5, 5.41) is 2.76. The van der Waals surface area contributed by atoms with E-state index < -0.39 is 0 Å². The van der Waals surface area contributed by atoms with Gasteiger partial charge in [0.2, 0.25) is 5.88 Å². The molecular formula is C17H15ClN2O. The molecule has 0 aliphatic rings. The number of rotatable bonds is 4. The monoisotopic (exact) mass is 298 g/mol. The maximum Gasteiger partial charge on any atom is 0.221 e. The van der Waals surface area contributed by atoms with E-state index in [0.29, 0.717) is 24.1 Å². The number of ether oxygens (including phenoxy) is 1. The van der Waals surface area contributed by atoms with Crippen LogP contribution in [-0.4, -0.2) is 4.98 Å². The molecule has 0 aliphatic carbocycles. The van der Waals surface area contributed by atoms with Gasteiger partial charge in [-0.15, -0.1) is 0 Å². The Morgan fingerprint density at radius 2 is 1.90 bits per heavy atom. The fourth-order valence-corrected chi connectivity index (χ4v) is 2.43. The van der Waals surface area contributed by atoms with Gasteiger partial charge in [-0.2, -0.15) is 0 Å². The molecule has 2 aromatic carbocycles. The molecule has 4 heteroatoms. The molecule has 106 valence electrons. The molecule has 1 heterocycles. The van der Waals surface area contributed by atoms with E-state index in [1.165, 1.54) is 0 Å². The van der Waals surface area contributed by atoms with Gasteiger partial charge in [0.25, 0.3) is 0 Å². The van der Waals surface area contributed by atoms with Crippen LogP contribution in [0.3, 0.4) is 0 Å². The van der Waals surface area contributed by atoms with E-state index in [1.807, 2.05) is 54.6 Å². The highest BCUT2D eigenvalue weighted by Crippen LogP contribution is 2.25. The first-order valence-electron chi connectivity index (χ1n) is 6.72. The Morgan fingerprint density at radius 3 is 2.71 bits per heavy atom. The quantitative estimate of drug-likeness (QED) is 0.794. The van der Waals surface area contributed by atoms with E-state index in [1.54, 1.807) is 0 Å². The molecule has 0 amide bonds. The smallest absolute Gasteiger partial charge is 0.221 e. The molecule has 0 atom stereocenters. The van der Waals surface area contributed by atoms with Crippen molar-refractivity contribution in [1.29, 1.82) is 0 Å². The zero-order valence-electron chi connectivity index (χ0n) is 11.4. The van der Waals surface area contributed by atoms with Gasteiger partial charge in [-0.25, -0.2) is 4.98 Å². The largest absolute Gasteiger partial charge is 0.472 e. The van der Waals surface area contributed by atoms with Crippen molar-refractivity contribution in [3.63, 3.8) is 0 Å². The average Bonchev–Trinajstić information content (AvgIpc) is 2.52. The number of aromatic nitrogens is 1. The summed E-state index contributed by atoms with van der Waals surface area (Å²) < 4.78 is 5.88. The lowest BCUT2D eigenvalue weighted by Crippen LogP contribution is -2.03. The number of halogens is 1. The molecule has 3 aromatic rings. The molecule has 3 nitrogen and oxygen atoms in total. The topological polar surface area (TPSA) is 48.1 Å². The molecule has 0 aliphatic heterocycles. The van der Waals surface area contributed by atoms with Crippen molar-refractivity contribution < 1.29 is 4.74 Å². The van der Waals surface area contributed by atoms with Crippen LogP contribution in [0.5, 0.6) is 5.88 Å². The minimum Gasteiger partial charge on any atom is -0.472 e. The summed E-state index contributed by atoms with van der Waals surface area (Å²) in [5.74, 6) is 0.605. The van der Waals surface area contributed by atoms with E-state index in [2.05, 4.69) is 4.98 Å². The van der Waals surface area contributed by atoms with E-state index in [-0.39, 0.29) is 0 Å². The van der Waals surface area contributed by atoms with Crippen molar-refractivity contribution in [2.75, 3.05) is 0 Å². The lowest BCUT2D eigenvalue weighted by atomic mass is 10.1. The van der Waals surface area contributed by atoms with Gasteiger partial charge < -0.3 is 10.5 Å². The Labute approximate surface area is 128 Å². The SMILES string of the molecule is NCc1cc2ccccc2c(OCc2cccc(Cl)c2)n1. The van der Waals surface area contributed by atoms with Gasteiger partial charge in [0.05, 0.1) is 5.69 Å². The van der Waals surface area contributed by atoms with Crippen LogP contribution in [0, 0.1) is 0 Å². The minimum absolute atomic E-state index is 0.387. The summed E-state index contributed by atoms with van der Waals surface area (Å²) in [5.41, 5.74) is 7.52. The highest BCUT2D eigenvalue weighted by atomic mass is 35.5. The number of nitrogens with zero attached hydrogens (tertiary/aromatic N) is 1. The van der Waals surface area contributed by atoms with Crippen LogP contribution in [0.15, 0.2) is 54.6 Å². The van der Waals surface area contributed by atoms with Crippen molar-refractivity contribution >= 4 is 22.4 Å². The number of hydrogen-bond donors (Lipinski definition) is 1. The summed E-state index contributed by atoms with van der Waals surface area (Å²) >= 11 is 5.98. The Balaban J connectivity index is 1.92. The van der Waals surface area contributed by atoms with Crippen molar-refractivity contribution in [3.05, 3.63) is 70.9 Å². The van der Waals surface area contributed by atoms with Gasteiger partial charge in [0, 0.05) is 17.0 Å². The number of pyridine rings is 1. The molecule has 0 radical (unpaired) electrons. The van der Waals surface area contributed by atoms with E-state index >= 15 is 0 Å². The van der Waals surface area contributed by atoms with Gasteiger partial charge in [-0.05, 0) is 35.2 Å². The van der Waals surface area contributed by atoms with Crippen molar-refractivity contribution in [3.8, 4) is 5.88 Å². The summed E-state index contributed by atoms with van der Waals surface area (Å²) in [4.78, 5) is 4.48. The van der Waals surface area contributed by atoms with Gasteiger partial charge in [0.15, 0.2) is 0 Å². The molecule has 0 saturated carbocycles. The molecule has 0 unspecified atom stereocenters. The molecule has 1 aromatic heterocycles. The second-order valence-corrected chi connectivity index (χ2v) is 5.20. The molecule has 0 saturated heterocycles. The van der Waals surface area contributed by atoms with Crippen LogP contribution >= 0.6 is 11.6 Å². The maximum atomic E-state index is 5.98. The predicted molar refractivity (Wildman–Crippen MR) is 85.4 cm³/mol. The molecule has 2 N–H and O–H groups in total. The van der Waals surface area contributed by atoms with Crippen LogP contribution in [0.4, 0.5) is 0 Å². The Morgan fingerprint density at radius 1 is 1.05 bits per heavy atom. The molecule has 0 bridgehead atoms. The van der Waals surface area contributed by atoms with Gasteiger partial charge in [-0.1, -0.05) is 41.9 Å². The molecule has 3 rings (SSSR count). The second-order valence-electron chi connectivity index (χ2n) is 4.76. The standard InChI is InChI=1S/C17H15ClN2O/c18-14-6-3-4-12(8-14)11-21-17-16-7-2-1-5-13(16)9-15(10-19)20-17/h1-9H,10-11,19H2. The van der Waals surface area contributed by atoms with Crippen LogP contribution in [0.1, 0.15) is 11.3 Å². The van der Waals surface area contributed by atoms with E-state index in [0.717, 1.165) is 22.0 Å². The van der Waals surface area contributed by atoms with Crippen molar-refractivity contribution in [2.24, 2.45) is 5.73 Å². The number of benzene rings is 2. The molecule has 0 spiro atoms. The average molecular weight is 299 g/mol. The summed E-state index contributed by atoms with van der Waals surface area (Å²) in [6, 6.07) is 17.6. The predicted octanol–water partition coefficient (Wildman–Crippen LogP) is 3.93. The summed E-state index contributed by atoms with van der Waals surface area (Å²) in [6.07, 6.45) is 0. The first kappa shape index (κ1) is 13.9. The summed E-state index contributed by atoms with van der Waals surface area (Å²) in [7, 11) is 0. The Bertz CT molecular complexity index is 774. The molecule has 21 heavy (non-hydrogen) atoms. The molecule has 0 fully saturated rings. The van der Waals surface area contributed by atoms with Crippen molar-refractivity contribution in [2.45, 2.75) is 13.2 Å². The lowest BCUT2D eigenvalue weighted by molar-refractivity contribution is 0.297. The van der Waals surface area contributed by atoms with E-state index in [9.17, 15) is 0 Å². The first-order chi connectivity index (χ1) is 10.3. The Hall–Kier alpha value is -2.10. The fraction of sp³-hybridized carbons (Fsp3) is 0.118. The summed E-state index contributed by atoms with van der Waals surface area (Å²) in [6.45, 7) is 0.809. The Kier molecular flexibility index (Phi) is 4.04. The highest BCUT2D eigenvalue weighted by Gasteiger charge is 2.07. The number of nitrogens with two attached hydrogens (primary N) is 1. The first-order valence-corrected chi connectivity index (χ1v) is 7.10. The fourth-order valence-electron chi connectivity index (χ4n) is 2.21. The maximum absolute atomic E-state index is 5.98. The van der Waals surface area contributed by atoms with Gasteiger partial charge in [-0.3, -0.25) is 0 Å². The number of hydrogen-bond acceptors (Lipinski definition) is 3. The lowest BCUT2D eigenvalue weighted by Gasteiger charge is -2.10. The zero-order valence-corrected chi connectivity index (χ0v) is 12.2. The van der Waals surface area contributed by atoms with Crippen LogP contribution in [0.25, 0.3) is 10.8 Å². The third-order valence-corrected chi connectivity index (χ3v) is 3.47. The molecular weight excluding hydrogens is 284 g/mol. The highest BCUT2D eigenvalue weighted by molar-refractivity contribution is 6.30. The second kappa shape index (κ2) is 6.12. The van der Waals surface area contributed by atoms with Gasteiger partial charge in [0.1, 0.15) is 6.61 Å². The zero-order chi connectivity index (χ0) is 14.7. The third kappa shape index (κ3) is 3.15.